The van der Waals surface area contributed by atoms with Crippen LogP contribution in [-0.2, 0) is 10.8 Å². The first-order valence-corrected chi connectivity index (χ1v) is 6.13. The van der Waals surface area contributed by atoms with Gasteiger partial charge in [0.15, 0.2) is 0 Å². The summed E-state index contributed by atoms with van der Waals surface area (Å²) in [6.07, 6.45) is 3.84. The number of hydrogen-bond acceptors (Lipinski definition) is 2. The van der Waals surface area contributed by atoms with Crippen molar-refractivity contribution in [2.45, 2.75) is 32.8 Å². The van der Waals surface area contributed by atoms with Gasteiger partial charge in [0.2, 0.25) is 0 Å². The summed E-state index contributed by atoms with van der Waals surface area (Å²) in [5, 5.41) is 0. The van der Waals surface area contributed by atoms with Crippen molar-refractivity contribution in [2.24, 2.45) is 0 Å². The fourth-order valence-corrected chi connectivity index (χ4v) is 1.81. The summed E-state index contributed by atoms with van der Waals surface area (Å²) in [4.78, 5) is 0. The predicted molar refractivity (Wildman–Crippen MR) is 63.2 cm³/mol. The molecule has 0 aromatic heterocycles. The van der Waals surface area contributed by atoms with E-state index in [2.05, 4.69) is 19.1 Å². The van der Waals surface area contributed by atoms with E-state index in [9.17, 15) is 0 Å². The monoisotopic (exact) mass is 210 g/mol. The Bertz CT molecular complexity index is 223. The molecule has 1 rings (SSSR count). The summed E-state index contributed by atoms with van der Waals surface area (Å²) in [6, 6.07) is 10.3. The molecule has 14 heavy (non-hydrogen) atoms. The van der Waals surface area contributed by atoms with Crippen LogP contribution in [0.1, 0.15) is 31.7 Å². The van der Waals surface area contributed by atoms with Crippen molar-refractivity contribution >= 4 is 12.0 Å². The van der Waals surface area contributed by atoms with Gasteiger partial charge in [0, 0.05) is 5.75 Å². The topological polar surface area (TPSA) is 9.23 Å². The van der Waals surface area contributed by atoms with Gasteiger partial charge in [-0.3, -0.25) is 0 Å². The van der Waals surface area contributed by atoms with Gasteiger partial charge in [-0.1, -0.05) is 50.1 Å². The second-order valence-corrected chi connectivity index (χ2v) is 4.16. The average Bonchev–Trinajstić information content (AvgIpc) is 2.25. The van der Waals surface area contributed by atoms with Crippen LogP contribution < -0.4 is 0 Å². The lowest BCUT2D eigenvalue weighted by Gasteiger charge is -2.02. The van der Waals surface area contributed by atoms with Crippen LogP contribution in [0.5, 0.6) is 0 Å². The second-order valence-electron chi connectivity index (χ2n) is 3.28. The molecule has 0 N–H and O–H groups in total. The number of rotatable bonds is 7. The van der Waals surface area contributed by atoms with E-state index in [1.54, 1.807) is 12.0 Å². The van der Waals surface area contributed by atoms with Gasteiger partial charge in [-0.2, -0.15) is 0 Å². The zero-order valence-electron chi connectivity index (χ0n) is 8.74. The van der Waals surface area contributed by atoms with Crippen molar-refractivity contribution in [1.82, 2.24) is 0 Å². The molecule has 0 aliphatic carbocycles. The maximum atomic E-state index is 5.48. The van der Waals surface area contributed by atoms with E-state index < -0.39 is 0 Å². The van der Waals surface area contributed by atoms with Crippen LogP contribution in [0.2, 0.25) is 0 Å². The van der Waals surface area contributed by atoms with E-state index in [1.165, 1.54) is 24.8 Å². The lowest BCUT2D eigenvalue weighted by Crippen LogP contribution is -1.87. The van der Waals surface area contributed by atoms with Crippen LogP contribution in [0, 0.1) is 0 Å². The molecule has 0 fully saturated rings. The Kier molecular flexibility index (Phi) is 6.54. The normalized spacial score (nSPS) is 10.4. The van der Waals surface area contributed by atoms with Gasteiger partial charge >= 0.3 is 0 Å². The Morgan fingerprint density at radius 1 is 1.14 bits per heavy atom. The van der Waals surface area contributed by atoms with E-state index >= 15 is 0 Å². The molecule has 0 saturated carbocycles. The lowest BCUT2D eigenvalue weighted by atomic mass is 10.2. The molecule has 1 aromatic carbocycles. The molecule has 78 valence electrons. The largest absolute Gasteiger partial charge is 0.311 e. The van der Waals surface area contributed by atoms with E-state index in [0.717, 1.165) is 12.4 Å². The molecule has 1 nitrogen and oxygen atoms in total. The zero-order chi connectivity index (χ0) is 10.1. The zero-order valence-corrected chi connectivity index (χ0v) is 9.56. The molecule has 0 aliphatic rings. The van der Waals surface area contributed by atoms with E-state index in [0.29, 0.717) is 0 Å². The van der Waals surface area contributed by atoms with E-state index in [1.807, 2.05) is 18.2 Å². The molecular weight excluding hydrogens is 192 g/mol. The minimum absolute atomic E-state index is 0.720. The second kappa shape index (κ2) is 7.89. The molecule has 1 aromatic rings. The summed E-state index contributed by atoms with van der Waals surface area (Å²) < 4.78 is 5.48. The quantitative estimate of drug-likeness (QED) is 0.496. The van der Waals surface area contributed by atoms with Crippen molar-refractivity contribution in [3.8, 4) is 0 Å². The molecule has 0 aliphatic heterocycles. The molecule has 0 spiro atoms. The highest BCUT2D eigenvalue weighted by atomic mass is 32.2. The molecule has 2 heteroatoms. The average molecular weight is 210 g/mol. The van der Waals surface area contributed by atoms with Gasteiger partial charge in [0.05, 0.1) is 6.61 Å². The minimum atomic E-state index is 0.720. The molecular formula is C12H18OS. The van der Waals surface area contributed by atoms with E-state index in [-0.39, 0.29) is 0 Å². The fraction of sp³-hybridized carbons (Fsp3) is 0.500. The van der Waals surface area contributed by atoms with Gasteiger partial charge in [-0.25, -0.2) is 0 Å². The van der Waals surface area contributed by atoms with Crippen LogP contribution in [0.25, 0.3) is 0 Å². The summed E-state index contributed by atoms with van der Waals surface area (Å²) in [5.41, 5.74) is 1.25. The Labute approximate surface area is 91.1 Å². The van der Waals surface area contributed by atoms with Crippen LogP contribution in [-0.4, -0.2) is 5.75 Å². The number of unbranched alkanes of at least 4 members (excludes halogenated alkanes) is 2. The summed E-state index contributed by atoms with van der Waals surface area (Å²) in [5.74, 6) is 1.11. The van der Waals surface area contributed by atoms with Crippen molar-refractivity contribution < 1.29 is 4.18 Å². The fourth-order valence-electron chi connectivity index (χ4n) is 1.15. The molecule has 0 saturated heterocycles. The van der Waals surface area contributed by atoms with Gasteiger partial charge in [0.25, 0.3) is 0 Å². The Balaban J connectivity index is 1.99. The lowest BCUT2D eigenvalue weighted by molar-refractivity contribution is 0.363. The van der Waals surface area contributed by atoms with Gasteiger partial charge < -0.3 is 4.18 Å². The van der Waals surface area contributed by atoms with Crippen molar-refractivity contribution in [1.29, 1.82) is 0 Å². The minimum Gasteiger partial charge on any atom is -0.311 e. The SMILES string of the molecule is CCCCCSOCc1ccccc1. The van der Waals surface area contributed by atoms with Crippen LogP contribution in [0.15, 0.2) is 30.3 Å². The van der Waals surface area contributed by atoms with Gasteiger partial charge in [0.1, 0.15) is 0 Å². The van der Waals surface area contributed by atoms with Crippen LogP contribution in [0.4, 0.5) is 0 Å². The smallest absolute Gasteiger partial charge is 0.0864 e. The van der Waals surface area contributed by atoms with Crippen molar-refractivity contribution in [2.75, 3.05) is 5.75 Å². The standard InChI is InChI=1S/C12H18OS/c1-2-3-7-10-14-13-11-12-8-5-4-6-9-12/h4-6,8-9H,2-3,7,10-11H2,1H3. The summed E-state index contributed by atoms with van der Waals surface area (Å²) >= 11 is 1.59. The first-order chi connectivity index (χ1) is 6.93. The van der Waals surface area contributed by atoms with Crippen LogP contribution >= 0.6 is 12.0 Å². The molecule has 0 radical (unpaired) electrons. The highest BCUT2D eigenvalue weighted by Gasteiger charge is 1.92. The van der Waals surface area contributed by atoms with Crippen molar-refractivity contribution in [3.63, 3.8) is 0 Å². The maximum Gasteiger partial charge on any atom is 0.0864 e. The third-order valence-electron chi connectivity index (χ3n) is 1.98. The molecule has 0 bridgehead atoms. The Hall–Kier alpha value is -0.470. The number of benzene rings is 1. The maximum absolute atomic E-state index is 5.48. The molecule has 0 atom stereocenters. The summed E-state index contributed by atoms with van der Waals surface area (Å²) in [7, 11) is 0. The van der Waals surface area contributed by atoms with Gasteiger partial charge in [-0.05, 0) is 24.0 Å². The van der Waals surface area contributed by atoms with Crippen molar-refractivity contribution in [3.05, 3.63) is 35.9 Å². The molecule has 0 unspecified atom stereocenters. The van der Waals surface area contributed by atoms with Gasteiger partial charge in [-0.15, -0.1) is 0 Å². The Morgan fingerprint density at radius 3 is 2.64 bits per heavy atom. The Morgan fingerprint density at radius 2 is 1.93 bits per heavy atom. The molecule has 0 amide bonds. The summed E-state index contributed by atoms with van der Waals surface area (Å²) in [6.45, 7) is 2.94. The molecule has 0 heterocycles. The predicted octanol–water partition coefficient (Wildman–Crippen LogP) is 4.04. The highest BCUT2D eigenvalue weighted by Crippen LogP contribution is 2.11. The highest BCUT2D eigenvalue weighted by molar-refractivity contribution is 7.94. The first-order valence-electron chi connectivity index (χ1n) is 5.22. The van der Waals surface area contributed by atoms with Crippen LogP contribution in [0.3, 0.4) is 0 Å². The third kappa shape index (κ3) is 5.30. The third-order valence-corrected chi connectivity index (χ3v) is 2.72. The number of hydrogen-bond donors (Lipinski definition) is 0. The van der Waals surface area contributed by atoms with E-state index in [4.69, 9.17) is 4.18 Å². The first kappa shape index (κ1) is 11.6.